The van der Waals surface area contributed by atoms with Gasteiger partial charge in [0.2, 0.25) is 0 Å². The molecule has 1 atom stereocenters. The molecule has 166 valence electrons. The largest absolute Gasteiger partial charge is 0.496 e. The summed E-state index contributed by atoms with van der Waals surface area (Å²) in [7, 11) is 3.56. The van der Waals surface area contributed by atoms with Gasteiger partial charge in [0.15, 0.2) is 5.96 Å². The Bertz CT molecular complexity index is 710. The summed E-state index contributed by atoms with van der Waals surface area (Å²) in [5.74, 6) is 1.77. The van der Waals surface area contributed by atoms with Crippen molar-refractivity contribution in [2.24, 2.45) is 10.9 Å². The molecule has 0 amide bonds. The molecule has 2 aliphatic heterocycles. The van der Waals surface area contributed by atoms with Crippen molar-refractivity contribution in [3.05, 3.63) is 29.8 Å². The topological polar surface area (TPSA) is 66.4 Å². The fourth-order valence-electron chi connectivity index (χ4n) is 4.54. The van der Waals surface area contributed by atoms with Crippen LogP contribution in [-0.2, 0) is 9.53 Å². The zero-order valence-electron chi connectivity index (χ0n) is 18.6. The number of piperidine rings is 1. The summed E-state index contributed by atoms with van der Waals surface area (Å²) in [5.41, 5.74) is 1.21. The number of guanidine groups is 1. The molecule has 0 aliphatic carbocycles. The van der Waals surface area contributed by atoms with Crippen molar-refractivity contribution in [3.63, 3.8) is 0 Å². The maximum Gasteiger partial charge on any atom is 0.309 e. The minimum atomic E-state index is -0.0645. The molecule has 0 aromatic heterocycles. The van der Waals surface area contributed by atoms with Gasteiger partial charge in [-0.1, -0.05) is 18.2 Å². The smallest absolute Gasteiger partial charge is 0.309 e. The molecule has 1 aromatic carbocycles. The van der Waals surface area contributed by atoms with Crippen molar-refractivity contribution in [2.75, 3.05) is 53.5 Å². The molecule has 2 saturated heterocycles. The van der Waals surface area contributed by atoms with Gasteiger partial charge in [-0.25, -0.2) is 0 Å². The van der Waals surface area contributed by atoms with E-state index in [0.717, 1.165) is 57.3 Å². The van der Waals surface area contributed by atoms with Gasteiger partial charge < -0.3 is 19.7 Å². The predicted molar refractivity (Wildman–Crippen MR) is 119 cm³/mol. The van der Waals surface area contributed by atoms with Gasteiger partial charge in [-0.2, -0.15) is 0 Å². The van der Waals surface area contributed by atoms with Crippen LogP contribution in [0, 0.1) is 5.92 Å². The Morgan fingerprint density at radius 3 is 2.53 bits per heavy atom. The Morgan fingerprint density at radius 2 is 1.90 bits per heavy atom. The van der Waals surface area contributed by atoms with Gasteiger partial charge in [0, 0.05) is 32.2 Å². The fraction of sp³-hybridized carbons (Fsp3) is 0.652. The number of rotatable bonds is 7. The number of methoxy groups -OCH3 is 1. The molecule has 2 fully saturated rings. The van der Waals surface area contributed by atoms with E-state index in [0.29, 0.717) is 6.61 Å². The number of nitrogens with zero attached hydrogens (tertiary/aromatic N) is 3. The fourth-order valence-corrected chi connectivity index (χ4v) is 4.54. The van der Waals surface area contributed by atoms with E-state index in [-0.39, 0.29) is 17.9 Å². The summed E-state index contributed by atoms with van der Waals surface area (Å²) in [4.78, 5) is 21.3. The van der Waals surface area contributed by atoms with Crippen LogP contribution in [-0.4, -0.2) is 75.2 Å². The molecule has 0 radical (unpaired) electrons. The van der Waals surface area contributed by atoms with E-state index in [2.05, 4.69) is 32.2 Å². The van der Waals surface area contributed by atoms with Crippen LogP contribution in [0.4, 0.5) is 0 Å². The van der Waals surface area contributed by atoms with E-state index in [1.54, 1.807) is 7.11 Å². The van der Waals surface area contributed by atoms with E-state index in [9.17, 15) is 4.79 Å². The Hall–Kier alpha value is -2.28. The third-order valence-corrected chi connectivity index (χ3v) is 6.16. The number of ether oxygens (including phenoxy) is 2. The van der Waals surface area contributed by atoms with Crippen LogP contribution in [0.15, 0.2) is 29.3 Å². The number of carbonyl (C=O) groups is 1. The van der Waals surface area contributed by atoms with Crippen molar-refractivity contribution in [1.29, 1.82) is 0 Å². The van der Waals surface area contributed by atoms with Gasteiger partial charge in [-0.3, -0.25) is 14.7 Å². The minimum absolute atomic E-state index is 0.00485. The predicted octanol–water partition coefficient (Wildman–Crippen LogP) is 2.68. The maximum atomic E-state index is 12.0. The van der Waals surface area contributed by atoms with Gasteiger partial charge in [0.05, 0.1) is 25.7 Å². The van der Waals surface area contributed by atoms with Gasteiger partial charge >= 0.3 is 5.97 Å². The van der Waals surface area contributed by atoms with Crippen molar-refractivity contribution >= 4 is 11.9 Å². The number of para-hydroxylation sites is 1. The third-order valence-electron chi connectivity index (χ3n) is 6.16. The second kappa shape index (κ2) is 11.2. The molecule has 1 unspecified atom stereocenters. The third kappa shape index (κ3) is 5.45. The molecule has 0 bridgehead atoms. The Balaban J connectivity index is 1.63. The Morgan fingerprint density at radius 1 is 1.20 bits per heavy atom. The monoisotopic (exact) mass is 416 g/mol. The normalized spacial score (nSPS) is 19.6. The van der Waals surface area contributed by atoms with Gasteiger partial charge in [0.25, 0.3) is 0 Å². The second-order valence-electron chi connectivity index (χ2n) is 7.94. The lowest BCUT2D eigenvalue weighted by molar-refractivity contribution is -0.149. The van der Waals surface area contributed by atoms with Gasteiger partial charge in [-0.15, -0.1) is 0 Å². The van der Waals surface area contributed by atoms with E-state index < -0.39 is 0 Å². The van der Waals surface area contributed by atoms with Crippen LogP contribution in [0.2, 0.25) is 0 Å². The van der Waals surface area contributed by atoms with Crippen LogP contribution in [0.5, 0.6) is 5.75 Å². The number of hydrogen-bond donors (Lipinski definition) is 1. The standard InChI is InChI=1S/C23H36N4O3/c1-4-30-22(28)18-11-15-27(16-12-18)23(24-2)25-17-20(26-13-7-8-14-26)19-9-5-6-10-21(19)29-3/h5-6,9-10,18,20H,4,7-8,11-17H2,1-3H3,(H,24,25). The van der Waals surface area contributed by atoms with Crippen molar-refractivity contribution in [1.82, 2.24) is 15.1 Å². The molecule has 1 N–H and O–H groups in total. The highest BCUT2D eigenvalue weighted by Gasteiger charge is 2.29. The Kier molecular flexibility index (Phi) is 8.37. The summed E-state index contributed by atoms with van der Waals surface area (Å²) >= 11 is 0. The number of carbonyl (C=O) groups excluding carboxylic acids is 1. The van der Waals surface area contributed by atoms with Crippen LogP contribution in [0.25, 0.3) is 0 Å². The SMILES string of the molecule is CCOC(=O)C1CCN(C(=NC)NCC(c2ccccc2OC)N2CCCC2)CC1. The molecule has 30 heavy (non-hydrogen) atoms. The molecular formula is C23H36N4O3. The van der Waals surface area contributed by atoms with E-state index >= 15 is 0 Å². The van der Waals surface area contributed by atoms with Crippen molar-refractivity contribution in [2.45, 2.75) is 38.6 Å². The number of hydrogen-bond acceptors (Lipinski definition) is 5. The molecular weight excluding hydrogens is 380 g/mol. The molecule has 7 nitrogen and oxygen atoms in total. The molecule has 0 spiro atoms. The van der Waals surface area contributed by atoms with Crippen molar-refractivity contribution < 1.29 is 14.3 Å². The van der Waals surface area contributed by atoms with E-state index in [4.69, 9.17) is 9.47 Å². The average Bonchev–Trinajstić information content (AvgIpc) is 3.32. The molecule has 7 heteroatoms. The average molecular weight is 417 g/mol. The first-order valence-corrected chi connectivity index (χ1v) is 11.2. The first-order chi connectivity index (χ1) is 14.7. The summed E-state index contributed by atoms with van der Waals surface area (Å²) in [6, 6.07) is 8.53. The summed E-state index contributed by atoms with van der Waals surface area (Å²) in [5, 5.41) is 3.60. The number of aliphatic imine (C=N–C) groups is 1. The number of esters is 1. The molecule has 2 heterocycles. The second-order valence-corrected chi connectivity index (χ2v) is 7.94. The summed E-state index contributed by atoms with van der Waals surface area (Å²) in [6.45, 7) is 6.91. The number of likely N-dealkylation sites (tertiary alicyclic amines) is 2. The highest BCUT2D eigenvalue weighted by Crippen LogP contribution is 2.31. The highest BCUT2D eigenvalue weighted by atomic mass is 16.5. The first-order valence-electron chi connectivity index (χ1n) is 11.2. The lowest BCUT2D eigenvalue weighted by atomic mass is 9.97. The number of benzene rings is 1. The summed E-state index contributed by atoms with van der Waals surface area (Å²) in [6.07, 6.45) is 4.09. The molecule has 0 saturated carbocycles. The van der Waals surface area contributed by atoms with E-state index in [1.165, 1.54) is 18.4 Å². The van der Waals surface area contributed by atoms with Crippen LogP contribution in [0.3, 0.4) is 0 Å². The first kappa shape index (κ1) is 22.4. The minimum Gasteiger partial charge on any atom is -0.496 e. The molecule has 1 aromatic rings. The molecule has 3 rings (SSSR count). The Labute approximate surface area is 180 Å². The lowest BCUT2D eigenvalue weighted by Gasteiger charge is -2.35. The quantitative estimate of drug-likeness (QED) is 0.419. The summed E-state index contributed by atoms with van der Waals surface area (Å²) < 4.78 is 10.8. The zero-order valence-corrected chi connectivity index (χ0v) is 18.6. The zero-order chi connectivity index (χ0) is 21.3. The maximum absolute atomic E-state index is 12.0. The number of nitrogens with one attached hydrogen (secondary N) is 1. The highest BCUT2D eigenvalue weighted by molar-refractivity contribution is 5.80. The van der Waals surface area contributed by atoms with Crippen LogP contribution in [0.1, 0.15) is 44.2 Å². The van der Waals surface area contributed by atoms with Gasteiger partial charge in [0.1, 0.15) is 5.75 Å². The molecule has 2 aliphatic rings. The van der Waals surface area contributed by atoms with E-state index in [1.807, 2.05) is 26.1 Å². The van der Waals surface area contributed by atoms with Gasteiger partial charge in [-0.05, 0) is 51.8 Å². The van der Waals surface area contributed by atoms with Crippen LogP contribution >= 0.6 is 0 Å². The van der Waals surface area contributed by atoms with Crippen molar-refractivity contribution in [3.8, 4) is 5.75 Å². The van der Waals surface area contributed by atoms with Crippen LogP contribution < -0.4 is 10.1 Å². The lowest BCUT2D eigenvalue weighted by Crippen LogP contribution is -2.48.